The topological polar surface area (TPSA) is 100 Å². The molecule has 1 aromatic carbocycles. The van der Waals surface area contributed by atoms with Gasteiger partial charge in [0.25, 0.3) is 5.91 Å². The Kier molecular flexibility index (Phi) is 5.29. The second-order valence-electron chi connectivity index (χ2n) is 5.51. The number of amides is 1. The zero-order valence-electron chi connectivity index (χ0n) is 12.5. The molecule has 1 heterocycles. The van der Waals surface area contributed by atoms with Gasteiger partial charge in [-0.25, -0.2) is 4.68 Å². The highest BCUT2D eigenvalue weighted by molar-refractivity contribution is 6.43. The van der Waals surface area contributed by atoms with Crippen LogP contribution in [0.15, 0.2) is 36.5 Å². The lowest BCUT2D eigenvalue weighted by Crippen LogP contribution is -2.47. The molecule has 0 saturated heterocycles. The molecule has 0 unspecified atom stereocenters. The minimum absolute atomic E-state index is 0.123. The molecule has 0 fully saturated rings. The van der Waals surface area contributed by atoms with Crippen LogP contribution in [0.5, 0.6) is 0 Å². The number of benzene rings is 1. The first kappa shape index (κ1) is 16.2. The highest BCUT2D eigenvalue weighted by atomic mass is 16.4. The summed E-state index contributed by atoms with van der Waals surface area (Å²) in [5, 5.41) is 29.0. The summed E-state index contributed by atoms with van der Waals surface area (Å²) in [5.41, 5.74) is 0.910. The summed E-state index contributed by atoms with van der Waals surface area (Å²) in [6, 6.07) is 9.28. The summed E-state index contributed by atoms with van der Waals surface area (Å²) in [4.78, 5) is 12.1. The molecule has 3 N–H and O–H groups in total. The van der Waals surface area contributed by atoms with Gasteiger partial charge in [-0.05, 0) is 24.5 Å². The average molecular weight is 302 g/mol. The van der Waals surface area contributed by atoms with Gasteiger partial charge in [-0.2, -0.15) is 0 Å². The number of hydrogen-bond acceptors (Lipinski definition) is 5. The maximum atomic E-state index is 12.1. The molecule has 0 bridgehead atoms. The molecule has 0 spiro atoms. The monoisotopic (exact) mass is 302 g/mol. The fraction of sp³-hybridized carbons (Fsp3) is 0.357. The van der Waals surface area contributed by atoms with Crippen LogP contribution in [0.25, 0.3) is 5.69 Å². The first-order valence-corrected chi connectivity index (χ1v) is 7.12. The number of carbonyl (C=O) groups is 1. The third-order valence-corrected chi connectivity index (χ3v) is 3.15. The van der Waals surface area contributed by atoms with Gasteiger partial charge in [0.15, 0.2) is 5.69 Å². The highest BCUT2D eigenvalue weighted by Gasteiger charge is 2.27. The zero-order chi connectivity index (χ0) is 16.1. The normalized spacial score (nSPS) is 12.2. The van der Waals surface area contributed by atoms with Crippen LogP contribution >= 0.6 is 0 Å². The van der Waals surface area contributed by atoms with Crippen LogP contribution in [-0.2, 0) is 0 Å². The summed E-state index contributed by atoms with van der Waals surface area (Å²) in [7, 11) is -1.62. The van der Waals surface area contributed by atoms with Crippen molar-refractivity contribution < 1.29 is 14.8 Å². The number of rotatable bonds is 6. The molecular weight excluding hydrogens is 283 g/mol. The average Bonchev–Trinajstić information content (AvgIpc) is 2.96. The van der Waals surface area contributed by atoms with Crippen molar-refractivity contribution in [1.29, 1.82) is 0 Å². The van der Waals surface area contributed by atoms with Crippen LogP contribution in [0.2, 0.25) is 0 Å². The molecule has 0 aliphatic rings. The Labute approximate surface area is 129 Å². The third-order valence-electron chi connectivity index (χ3n) is 3.15. The van der Waals surface area contributed by atoms with Crippen molar-refractivity contribution in [3.63, 3.8) is 0 Å². The predicted octanol–water partition coefficient (Wildman–Crippen LogP) is 0.424. The first-order chi connectivity index (χ1) is 10.5. The van der Waals surface area contributed by atoms with Crippen LogP contribution in [0, 0.1) is 5.92 Å². The molecule has 0 saturated carbocycles. The van der Waals surface area contributed by atoms with Crippen LogP contribution in [0.3, 0.4) is 0 Å². The number of para-hydroxylation sites is 1. The summed E-state index contributed by atoms with van der Waals surface area (Å²) < 4.78 is 1.49. The minimum Gasteiger partial charge on any atom is -0.426 e. The number of nitrogens with zero attached hydrogens (tertiary/aromatic N) is 3. The van der Waals surface area contributed by atoms with E-state index in [-0.39, 0.29) is 11.6 Å². The lowest BCUT2D eigenvalue weighted by Gasteiger charge is -2.18. The molecule has 0 aliphatic heterocycles. The Balaban J connectivity index is 2.08. The molecule has 116 valence electrons. The van der Waals surface area contributed by atoms with Crippen molar-refractivity contribution in [2.24, 2.45) is 5.92 Å². The maximum absolute atomic E-state index is 12.1. The van der Waals surface area contributed by atoms with Gasteiger partial charge in [-0.15, -0.1) is 5.10 Å². The van der Waals surface area contributed by atoms with Gasteiger partial charge in [0.05, 0.1) is 17.8 Å². The van der Waals surface area contributed by atoms with E-state index >= 15 is 0 Å². The van der Waals surface area contributed by atoms with Crippen LogP contribution < -0.4 is 5.32 Å². The zero-order valence-corrected chi connectivity index (χ0v) is 12.5. The Morgan fingerprint density at radius 3 is 2.59 bits per heavy atom. The summed E-state index contributed by atoms with van der Waals surface area (Å²) in [6.07, 6.45) is 1.96. The molecule has 7 nitrogen and oxygen atoms in total. The van der Waals surface area contributed by atoms with E-state index in [2.05, 4.69) is 15.6 Å². The highest BCUT2D eigenvalue weighted by Crippen LogP contribution is 2.08. The molecule has 2 aromatic rings. The predicted molar refractivity (Wildman–Crippen MR) is 82.3 cm³/mol. The van der Waals surface area contributed by atoms with Crippen molar-refractivity contribution >= 4 is 13.0 Å². The Morgan fingerprint density at radius 2 is 2.00 bits per heavy atom. The number of carbonyl (C=O) groups excluding carboxylic acids is 1. The van der Waals surface area contributed by atoms with E-state index in [1.54, 1.807) is 0 Å². The number of hydrogen-bond donors (Lipinski definition) is 3. The van der Waals surface area contributed by atoms with Gasteiger partial charge >= 0.3 is 7.12 Å². The van der Waals surface area contributed by atoms with Gasteiger partial charge < -0.3 is 15.4 Å². The quantitative estimate of drug-likeness (QED) is 0.672. The SMILES string of the molecule is CC(C)C[C@H](NC(=O)c1cn(-c2ccccc2)nn1)B(O)O. The van der Waals surface area contributed by atoms with Gasteiger partial charge in [-0.1, -0.05) is 37.3 Å². The summed E-state index contributed by atoms with van der Waals surface area (Å²) in [6.45, 7) is 3.88. The molecule has 0 radical (unpaired) electrons. The van der Waals surface area contributed by atoms with Crippen molar-refractivity contribution in [2.75, 3.05) is 0 Å². The molecule has 8 heteroatoms. The van der Waals surface area contributed by atoms with E-state index in [0.717, 1.165) is 5.69 Å². The lowest BCUT2D eigenvalue weighted by atomic mass is 9.75. The summed E-state index contributed by atoms with van der Waals surface area (Å²) in [5.74, 6) is -1.01. The fourth-order valence-corrected chi connectivity index (χ4v) is 2.08. The maximum Gasteiger partial charge on any atom is 0.475 e. The summed E-state index contributed by atoms with van der Waals surface area (Å²) >= 11 is 0. The largest absolute Gasteiger partial charge is 0.475 e. The van der Waals surface area contributed by atoms with Gasteiger partial charge in [0.1, 0.15) is 0 Å². The molecule has 2 rings (SSSR count). The Morgan fingerprint density at radius 1 is 1.32 bits per heavy atom. The van der Waals surface area contributed by atoms with E-state index in [1.165, 1.54) is 10.9 Å². The lowest BCUT2D eigenvalue weighted by molar-refractivity contribution is 0.0933. The Bertz CT molecular complexity index is 616. The smallest absolute Gasteiger partial charge is 0.426 e. The van der Waals surface area contributed by atoms with Crippen molar-refractivity contribution in [2.45, 2.75) is 26.2 Å². The van der Waals surface area contributed by atoms with Crippen LogP contribution in [0.4, 0.5) is 0 Å². The number of aromatic nitrogens is 3. The molecule has 1 aromatic heterocycles. The van der Waals surface area contributed by atoms with E-state index in [4.69, 9.17) is 0 Å². The van der Waals surface area contributed by atoms with Crippen LogP contribution in [-0.4, -0.2) is 44.0 Å². The molecule has 1 amide bonds. The van der Waals surface area contributed by atoms with Gasteiger partial charge in [-0.3, -0.25) is 4.79 Å². The molecular formula is C14H19BN4O3. The molecule has 1 atom stereocenters. The van der Waals surface area contributed by atoms with E-state index in [0.29, 0.717) is 6.42 Å². The molecule has 0 aliphatic carbocycles. The van der Waals surface area contributed by atoms with Gasteiger partial charge in [0.2, 0.25) is 0 Å². The van der Waals surface area contributed by atoms with Crippen molar-refractivity contribution in [3.8, 4) is 5.69 Å². The number of nitrogens with one attached hydrogen (secondary N) is 1. The van der Waals surface area contributed by atoms with Crippen LogP contribution in [0.1, 0.15) is 30.8 Å². The van der Waals surface area contributed by atoms with Gasteiger partial charge in [0, 0.05) is 0 Å². The molecule has 22 heavy (non-hydrogen) atoms. The van der Waals surface area contributed by atoms with E-state index < -0.39 is 19.0 Å². The Hall–Kier alpha value is -2.19. The first-order valence-electron chi connectivity index (χ1n) is 7.12. The fourth-order valence-electron chi connectivity index (χ4n) is 2.08. The van der Waals surface area contributed by atoms with Crippen molar-refractivity contribution in [1.82, 2.24) is 20.3 Å². The standard InChI is InChI=1S/C14H19BN4O3/c1-10(2)8-13(15(21)22)16-14(20)12-9-19(18-17-12)11-6-4-3-5-7-11/h3-7,9-10,13,21-22H,8H2,1-2H3,(H,16,20)/t13-/m0/s1. The minimum atomic E-state index is -1.62. The van der Waals surface area contributed by atoms with E-state index in [1.807, 2.05) is 44.2 Å². The second kappa shape index (κ2) is 7.19. The second-order valence-corrected chi connectivity index (χ2v) is 5.51. The third kappa shape index (κ3) is 4.16. The van der Waals surface area contributed by atoms with E-state index in [9.17, 15) is 14.8 Å². The van der Waals surface area contributed by atoms with Crippen molar-refractivity contribution in [3.05, 3.63) is 42.2 Å².